The Labute approximate surface area is 194 Å². The number of carbonyl (C=O) groups excluding carboxylic acids is 3. The number of rotatable bonds is 8. The summed E-state index contributed by atoms with van der Waals surface area (Å²) in [5.74, 6) is 0.464. The molecular formula is C26H30N2O5. The topological polar surface area (TPSA) is 93.7 Å². The molecule has 0 aromatic heterocycles. The molecule has 33 heavy (non-hydrogen) atoms. The Bertz CT molecular complexity index is 1060. The minimum atomic E-state index is -0.721. The number of piperidine rings is 1. The molecule has 0 spiro atoms. The maximum absolute atomic E-state index is 12.5. The van der Waals surface area contributed by atoms with E-state index in [-0.39, 0.29) is 23.8 Å². The predicted octanol–water partition coefficient (Wildman–Crippen LogP) is 4.22. The van der Waals surface area contributed by atoms with Crippen molar-refractivity contribution in [1.29, 1.82) is 0 Å². The van der Waals surface area contributed by atoms with Crippen LogP contribution >= 0.6 is 0 Å². The summed E-state index contributed by atoms with van der Waals surface area (Å²) in [6, 6.07) is 12.7. The van der Waals surface area contributed by atoms with Crippen LogP contribution in [0.5, 0.6) is 11.5 Å². The van der Waals surface area contributed by atoms with Crippen molar-refractivity contribution in [2.75, 3.05) is 12.4 Å². The summed E-state index contributed by atoms with van der Waals surface area (Å²) >= 11 is 0. The number of nitrogens with one attached hydrogen (secondary N) is 2. The summed E-state index contributed by atoms with van der Waals surface area (Å²) in [6.45, 7) is 5.82. The van der Waals surface area contributed by atoms with E-state index in [1.165, 1.54) is 6.08 Å². The molecule has 7 nitrogen and oxygen atoms in total. The van der Waals surface area contributed by atoms with Gasteiger partial charge in [-0.3, -0.25) is 19.7 Å². The third-order valence-electron chi connectivity index (χ3n) is 5.75. The van der Waals surface area contributed by atoms with Crippen LogP contribution in [0.15, 0.2) is 48.5 Å². The van der Waals surface area contributed by atoms with Crippen molar-refractivity contribution < 1.29 is 23.9 Å². The summed E-state index contributed by atoms with van der Waals surface area (Å²) in [4.78, 5) is 36.5. The second-order valence-corrected chi connectivity index (χ2v) is 8.29. The average molecular weight is 451 g/mol. The molecule has 2 aromatic carbocycles. The molecular weight excluding hydrogens is 420 g/mol. The maximum atomic E-state index is 12.5. The second-order valence-electron chi connectivity index (χ2n) is 8.29. The minimum Gasteiger partial charge on any atom is -0.493 e. The fourth-order valence-corrected chi connectivity index (χ4v) is 3.93. The van der Waals surface area contributed by atoms with E-state index in [0.29, 0.717) is 36.4 Å². The van der Waals surface area contributed by atoms with Gasteiger partial charge < -0.3 is 14.8 Å². The van der Waals surface area contributed by atoms with Crippen LogP contribution in [0.3, 0.4) is 0 Å². The zero-order valence-corrected chi connectivity index (χ0v) is 19.4. The van der Waals surface area contributed by atoms with Crippen LogP contribution in [0, 0.1) is 0 Å². The smallest absolute Gasteiger partial charge is 0.248 e. The van der Waals surface area contributed by atoms with Gasteiger partial charge in [0.2, 0.25) is 17.7 Å². The number of ether oxygens (including phenoxy) is 2. The average Bonchev–Trinajstić information content (AvgIpc) is 2.79. The molecule has 1 saturated heterocycles. The van der Waals surface area contributed by atoms with Gasteiger partial charge in [-0.1, -0.05) is 25.1 Å². The van der Waals surface area contributed by atoms with Gasteiger partial charge >= 0.3 is 0 Å². The van der Waals surface area contributed by atoms with E-state index >= 15 is 0 Å². The van der Waals surface area contributed by atoms with Crippen molar-refractivity contribution in [1.82, 2.24) is 5.32 Å². The van der Waals surface area contributed by atoms with Crippen LogP contribution in [-0.4, -0.2) is 30.9 Å². The molecule has 1 heterocycles. The lowest BCUT2D eigenvalue weighted by atomic mass is 9.72. The molecule has 0 aliphatic carbocycles. The Morgan fingerprint density at radius 1 is 1.15 bits per heavy atom. The molecule has 0 saturated carbocycles. The molecule has 3 rings (SSSR count). The molecule has 1 aliphatic heterocycles. The second kappa shape index (κ2) is 10.3. The number of anilines is 1. The van der Waals surface area contributed by atoms with Crippen LogP contribution in [0.25, 0.3) is 6.08 Å². The minimum absolute atomic E-state index is 0.0275. The van der Waals surface area contributed by atoms with Crippen molar-refractivity contribution in [3.8, 4) is 11.5 Å². The zero-order chi connectivity index (χ0) is 24.0. The van der Waals surface area contributed by atoms with Gasteiger partial charge in [-0.25, -0.2) is 0 Å². The van der Waals surface area contributed by atoms with Gasteiger partial charge in [0, 0.05) is 18.2 Å². The Kier molecular flexibility index (Phi) is 7.53. The lowest BCUT2D eigenvalue weighted by molar-refractivity contribution is -0.138. The van der Waals surface area contributed by atoms with Crippen molar-refractivity contribution in [2.24, 2.45) is 0 Å². The van der Waals surface area contributed by atoms with Crippen LogP contribution in [0.2, 0.25) is 0 Å². The Morgan fingerprint density at radius 3 is 2.48 bits per heavy atom. The predicted molar refractivity (Wildman–Crippen MR) is 127 cm³/mol. The van der Waals surface area contributed by atoms with Crippen molar-refractivity contribution in [2.45, 2.75) is 51.6 Å². The van der Waals surface area contributed by atoms with E-state index in [9.17, 15) is 14.4 Å². The van der Waals surface area contributed by atoms with Gasteiger partial charge in [0.05, 0.1) is 18.6 Å². The van der Waals surface area contributed by atoms with E-state index in [0.717, 1.165) is 11.1 Å². The highest BCUT2D eigenvalue weighted by Crippen LogP contribution is 2.36. The molecule has 2 aromatic rings. The summed E-state index contributed by atoms with van der Waals surface area (Å²) in [5.41, 5.74) is 1.53. The van der Waals surface area contributed by atoms with Crippen molar-refractivity contribution in [3.05, 3.63) is 59.7 Å². The van der Waals surface area contributed by atoms with Gasteiger partial charge in [0.25, 0.3) is 0 Å². The van der Waals surface area contributed by atoms with Crippen molar-refractivity contribution >= 4 is 29.5 Å². The molecule has 1 fully saturated rings. The van der Waals surface area contributed by atoms with Gasteiger partial charge in [-0.2, -0.15) is 0 Å². The highest BCUT2D eigenvalue weighted by molar-refractivity contribution is 6.04. The van der Waals surface area contributed by atoms with E-state index in [1.807, 2.05) is 45.0 Å². The summed E-state index contributed by atoms with van der Waals surface area (Å²) in [6.07, 6.45) is 4.55. The van der Waals surface area contributed by atoms with Crippen LogP contribution in [-0.2, 0) is 19.8 Å². The molecule has 7 heteroatoms. The summed E-state index contributed by atoms with van der Waals surface area (Å²) in [5, 5.41) is 5.27. The number of amides is 3. The van der Waals surface area contributed by atoms with Gasteiger partial charge in [0.1, 0.15) is 0 Å². The molecule has 0 radical (unpaired) electrons. The first-order valence-corrected chi connectivity index (χ1v) is 11.1. The number of methoxy groups -OCH3 is 1. The number of imide groups is 1. The Hall–Kier alpha value is -3.61. The quantitative estimate of drug-likeness (QED) is 0.464. The third-order valence-corrected chi connectivity index (χ3v) is 5.75. The number of carbonyl (C=O) groups is 3. The summed E-state index contributed by atoms with van der Waals surface area (Å²) in [7, 11) is 1.57. The Balaban J connectivity index is 1.67. The molecule has 2 N–H and O–H groups in total. The van der Waals surface area contributed by atoms with Gasteiger partial charge in [0.15, 0.2) is 11.5 Å². The number of hydrogen-bond acceptors (Lipinski definition) is 5. The number of hydrogen-bond donors (Lipinski definition) is 2. The molecule has 1 aliphatic rings. The van der Waals surface area contributed by atoms with Crippen LogP contribution in [0.1, 0.15) is 51.2 Å². The third kappa shape index (κ3) is 5.61. The van der Waals surface area contributed by atoms with E-state index in [2.05, 4.69) is 10.6 Å². The standard InChI is InChI=1S/C26H30N2O5/c1-5-26(15-14-24(30)28-25(26)31)19-8-10-20(11-9-19)27-23(29)13-7-18-6-12-21(33-17(2)3)22(16-18)32-4/h6-13,16-17H,5,14-15H2,1-4H3,(H,27,29)(H,28,30,31)/b13-7+. The molecule has 3 amide bonds. The van der Waals surface area contributed by atoms with E-state index in [4.69, 9.17) is 9.47 Å². The lowest BCUT2D eigenvalue weighted by Crippen LogP contribution is -2.51. The van der Waals surface area contributed by atoms with Crippen LogP contribution < -0.4 is 20.1 Å². The highest BCUT2D eigenvalue weighted by Gasteiger charge is 2.42. The first kappa shape index (κ1) is 24.0. The molecule has 0 bridgehead atoms. The van der Waals surface area contributed by atoms with E-state index < -0.39 is 5.41 Å². The first-order chi connectivity index (χ1) is 15.8. The molecule has 1 unspecified atom stereocenters. The first-order valence-electron chi connectivity index (χ1n) is 11.1. The lowest BCUT2D eigenvalue weighted by Gasteiger charge is -2.35. The molecule has 1 atom stereocenters. The highest BCUT2D eigenvalue weighted by atomic mass is 16.5. The summed E-state index contributed by atoms with van der Waals surface area (Å²) < 4.78 is 11.1. The Morgan fingerprint density at radius 2 is 1.88 bits per heavy atom. The number of benzene rings is 2. The monoisotopic (exact) mass is 450 g/mol. The van der Waals surface area contributed by atoms with Gasteiger partial charge in [-0.15, -0.1) is 0 Å². The normalized spacial score (nSPS) is 18.3. The fraction of sp³-hybridized carbons (Fsp3) is 0.346. The van der Waals surface area contributed by atoms with Crippen LogP contribution in [0.4, 0.5) is 5.69 Å². The SMILES string of the molecule is CCC1(c2ccc(NC(=O)/C=C/c3ccc(OC(C)C)c(OC)c3)cc2)CCC(=O)NC1=O. The van der Waals surface area contributed by atoms with Gasteiger partial charge in [-0.05, 0) is 68.2 Å². The largest absolute Gasteiger partial charge is 0.493 e. The molecule has 174 valence electrons. The van der Waals surface area contributed by atoms with E-state index in [1.54, 1.807) is 31.4 Å². The van der Waals surface area contributed by atoms with Crippen molar-refractivity contribution in [3.63, 3.8) is 0 Å². The zero-order valence-electron chi connectivity index (χ0n) is 19.4. The maximum Gasteiger partial charge on any atom is 0.248 e. The fourth-order valence-electron chi connectivity index (χ4n) is 3.93.